The lowest BCUT2D eigenvalue weighted by Crippen LogP contribution is -2.41. The number of methoxy groups -OCH3 is 1. The Balaban J connectivity index is 1.90. The van der Waals surface area contributed by atoms with Crippen molar-refractivity contribution in [1.82, 2.24) is 25.4 Å². The molecule has 142 valence electrons. The summed E-state index contributed by atoms with van der Waals surface area (Å²) in [7, 11) is 3.75. The predicted octanol–water partition coefficient (Wildman–Crippen LogP) is 1.73. The predicted molar refractivity (Wildman–Crippen MR) is 104 cm³/mol. The molecule has 0 saturated heterocycles. The van der Waals surface area contributed by atoms with E-state index in [-0.39, 0.29) is 0 Å². The number of aliphatic imine (C=N–C) groups is 1. The van der Waals surface area contributed by atoms with E-state index in [0.717, 1.165) is 55.9 Å². The highest BCUT2D eigenvalue weighted by atomic mass is 32.2. The van der Waals surface area contributed by atoms with Crippen LogP contribution in [0.15, 0.2) is 4.99 Å². The van der Waals surface area contributed by atoms with Crippen molar-refractivity contribution in [3.05, 3.63) is 11.6 Å². The maximum absolute atomic E-state index is 5.24. The van der Waals surface area contributed by atoms with Gasteiger partial charge in [-0.1, -0.05) is 0 Å². The van der Waals surface area contributed by atoms with Crippen LogP contribution in [0.4, 0.5) is 0 Å². The summed E-state index contributed by atoms with van der Waals surface area (Å²) < 4.78 is 7.23. The molecular weight excluding hydrogens is 336 g/mol. The molecule has 0 spiro atoms. The van der Waals surface area contributed by atoms with Crippen molar-refractivity contribution in [3.63, 3.8) is 0 Å². The summed E-state index contributed by atoms with van der Waals surface area (Å²) in [6, 6.07) is 0. The van der Waals surface area contributed by atoms with Crippen molar-refractivity contribution in [2.24, 2.45) is 17.5 Å². The normalized spacial score (nSPS) is 16.1. The summed E-state index contributed by atoms with van der Waals surface area (Å²) in [6.07, 6.45) is 6.91. The first-order valence-electron chi connectivity index (χ1n) is 8.95. The largest absolute Gasteiger partial charge is 0.385 e. The van der Waals surface area contributed by atoms with Crippen molar-refractivity contribution in [2.75, 3.05) is 38.8 Å². The number of aryl methyl sites for hydroxylation is 1. The Morgan fingerprint density at radius 1 is 1.36 bits per heavy atom. The van der Waals surface area contributed by atoms with E-state index in [0.29, 0.717) is 12.0 Å². The van der Waals surface area contributed by atoms with Gasteiger partial charge in [0.2, 0.25) is 0 Å². The molecule has 0 radical (unpaired) electrons. The molecule has 0 unspecified atom stereocenters. The maximum Gasteiger partial charge on any atom is 0.191 e. The summed E-state index contributed by atoms with van der Waals surface area (Å²) >= 11 is 1.87. The first-order chi connectivity index (χ1) is 12.1. The molecule has 0 aliphatic heterocycles. The van der Waals surface area contributed by atoms with Gasteiger partial charge in [0, 0.05) is 33.9 Å². The van der Waals surface area contributed by atoms with Gasteiger partial charge in [-0.2, -0.15) is 11.8 Å². The van der Waals surface area contributed by atoms with Crippen molar-refractivity contribution < 1.29 is 4.74 Å². The third kappa shape index (κ3) is 6.51. The molecule has 8 heteroatoms. The zero-order valence-corrected chi connectivity index (χ0v) is 16.8. The summed E-state index contributed by atoms with van der Waals surface area (Å²) in [6.45, 7) is 5.18. The summed E-state index contributed by atoms with van der Waals surface area (Å²) in [5, 5.41) is 15.3. The van der Waals surface area contributed by atoms with Crippen LogP contribution in [0, 0.1) is 12.3 Å². The van der Waals surface area contributed by atoms with E-state index in [4.69, 9.17) is 9.73 Å². The van der Waals surface area contributed by atoms with Gasteiger partial charge in [-0.15, -0.1) is 10.2 Å². The molecule has 1 aliphatic rings. The van der Waals surface area contributed by atoms with E-state index >= 15 is 0 Å². The van der Waals surface area contributed by atoms with Gasteiger partial charge in [-0.25, -0.2) is 4.99 Å². The van der Waals surface area contributed by atoms with Crippen molar-refractivity contribution in [3.8, 4) is 0 Å². The maximum atomic E-state index is 5.24. The highest BCUT2D eigenvalue weighted by molar-refractivity contribution is 7.98. The van der Waals surface area contributed by atoms with Gasteiger partial charge >= 0.3 is 0 Å². The Bertz CT molecular complexity index is 555. The minimum absolute atomic E-state index is 0.388. The highest BCUT2D eigenvalue weighted by Gasteiger charge is 2.41. The zero-order valence-electron chi connectivity index (χ0n) is 16.0. The quantitative estimate of drug-likeness (QED) is 0.352. The first-order valence-corrected chi connectivity index (χ1v) is 10.3. The van der Waals surface area contributed by atoms with E-state index < -0.39 is 0 Å². The standard InChI is InChI=1S/C17H32N6OS/c1-14-21-22-15(23(14)2)12-19-16(18-9-5-11-25-4)20-13-17(6-7-17)8-10-24-3/h5-13H2,1-4H3,(H2,18,19,20). The van der Waals surface area contributed by atoms with E-state index in [1.54, 1.807) is 7.11 Å². The van der Waals surface area contributed by atoms with Gasteiger partial charge in [0.05, 0.1) is 0 Å². The molecule has 2 rings (SSSR count). The molecule has 25 heavy (non-hydrogen) atoms. The second-order valence-electron chi connectivity index (χ2n) is 6.76. The van der Waals surface area contributed by atoms with Crippen molar-refractivity contribution in [1.29, 1.82) is 0 Å². The van der Waals surface area contributed by atoms with Crippen LogP contribution >= 0.6 is 11.8 Å². The monoisotopic (exact) mass is 368 g/mol. The Morgan fingerprint density at radius 3 is 2.76 bits per heavy atom. The number of hydrogen-bond donors (Lipinski definition) is 2. The average molecular weight is 369 g/mol. The number of guanidine groups is 1. The second kappa shape index (κ2) is 10.0. The van der Waals surface area contributed by atoms with Crippen LogP contribution in [-0.2, 0) is 18.3 Å². The van der Waals surface area contributed by atoms with Crippen LogP contribution in [-0.4, -0.2) is 59.5 Å². The van der Waals surface area contributed by atoms with E-state index in [9.17, 15) is 0 Å². The van der Waals surface area contributed by atoms with Crippen LogP contribution in [0.5, 0.6) is 0 Å². The minimum atomic E-state index is 0.388. The smallest absolute Gasteiger partial charge is 0.191 e. The molecule has 1 aromatic rings. The molecule has 1 heterocycles. The Hall–Kier alpha value is -1.28. The van der Waals surface area contributed by atoms with Gasteiger partial charge in [-0.05, 0) is 50.0 Å². The molecule has 1 aromatic heterocycles. The number of hydrogen-bond acceptors (Lipinski definition) is 5. The lowest BCUT2D eigenvalue weighted by Gasteiger charge is -2.18. The first kappa shape index (κ1) is 20.0. The van der Waals surface area contributed by atoms with Crippen LogP contribution in [0.25, 0.3) is 0 Å². The third-order valence-corrected chi connectivity index (χ3v) is 5.50. The number of nitrogens with zero attached hydrogens (tertiary/aromatic N) is 4. The lowest BCUT2D eigenvalue weighted by atomic mass is 10.0. The minimum Gasteiger partial charge on any atom is -0.385 e. The van der Waals surface area contributed by atoms with Crippen LogP contribution < -0.4 is 10.6 Å². The second-order valence-corrected chi connectivity index (χ2v) is 7.74. The molecule has 0 atom stereocenters. The zero-order chi connectivity index (χ0) is 18.1. The van der Waals surface area contributed by atoms with Crippen LogP contribution in [0.2, 0.25) is 0 Å². The Kier molecular flexibility index (Phi) is 8.02. The number of rotatable bonds is 11. The molecular formula is C17H32N6OS. The van der Waals surface area contributed by atoms with E-state index in [1.807, 2.05) is 30.3 Å². The van der Waals surface area contributed by atoms with Gasteiger partial charge in [0.25, 0.3) is 0 Å². The molecule has 0 bridgehead atoms. The van der Waals surface area contributed by atoms with Gasteiger partial charge in [-0.3, -0.25) is 0 Å². The fourth-order valence-corrected chi connectivity index (χ4v) is 3.05. The average Bonchev–Trinajstić information content (AvgIpc) is 3.32. The Morgan fingerprint density at radius 2 is 2.16 bits per heavy atom. The number of aromatic nitrogens is 3. The van der Waals surface area contributed by atoms with E-state index in [1.165, 1.54) is 12.8 Å². The fourth-order valence-electron chi connectivity index (χ4n) is 2.62. The molecule has 0 amide bonds. The lowest BCUT2D eigenvalue weighted by molar-refractivity contribution is 0.172. The highest BCUT2D eigenvalue weighted by Crippen LogP contribution is 2.48. The van der Waals surface area contributed by atoms with Gasteiger partial charge in [0.15, 0.2) is 11.8 Å². The summed E-state index contributed by atoms with van der Waals surface area (Å²) in [5.74, 6) is 3.80. The molecule has 1 saturated carbocycles. The van der Waals surface area contributed by atoms with Crippen molar-refractivity contribution >= 4 is 17.7 Å². The number of nitrogens with one attached hydrogen (secondary N) is 2. The van der Waals surface area contributed by atoms with Crippen molar-refractivity contribution in [2.45, 2.75) is 39.2 Å². The van der Waals surface area contributed by atoms with Crippen LogP contribution in [0.1, 0.15) is 37.3 Å². The fraction of sp³-hybridized carbons (Fsp3) is 0.824. The molecule has 7 nitrogen and oxygen atoms in total. The molecule has 1 fully saturated rings. The summed E-state index contributed by atoms with van der Waals surface area (Å²) in [4.78, 5) is 4.71. The summed E-state index contributed by atoms with van der Waals surface area (Å²) in [5.41, 5.74) is 0.388. The topological polar surface area (TPSA) is 76.4 Å². The molecule has 1 aliphatic carbocycles. The Labute approximate surface area is 155 Å². The molecule has 0 aromatic carbocycles. The van der Waals surface area contributed by atoms with Gasteiger partial charge < -0.3 is 19.9 Å². The number of ether oxygens (including phenoxy) is 1. The SMILES string of the molecule is COCCC1(CNC(=NCc2nnc(C)n2C)NCCCSC)CC1. The van der Waals surface area contributed by atoms with Crippen LogP contribution in [0.3, 0.4) is 0 Å². The van der Waals surface area contributed by atoms with E-state index in [2.05, 4.69) is 27.1 Å². The van der Waals surface area contributed by atoms with Gasteiger partial charge in [0.1, 0.15) is 12.4 Å². The number of thioether (sulfide) groups is 1. The third-order valence-electron chi connectivity index (χ3n) is 4.80. The molecule has 2 N–H and O–H groups in total.